The monoisotopic (exact) mass is 405 g/mol. The number of halogens is 1. The molecule has 0 spiro atoms. The van der Waals surface area contributed by atoms with Gasteiger partial charge in [-0.3, -0.25) is 9.59 Å². The summed E-state index contributed by atoms with van der Waals surface area (Å²) in [4.78, 5) is 27.2. The van der Waals surface area contributed by atoms with Gasteiger partial charge in [0.25, 0.3) is 11.9 Å². The highest BCUT2D eigenvalue weighted by Crippen LogP contribution is 2.38. The summed E-state index contributed by atoms with van der Waals surface area (Å²) in [7, 11) is 1.48. The normalized spacial score (nSPS) is 15.9. The van der Waals surface area contributed by atoms with Crippen LogP contribution in [0.1, 0.15) is 35.9 Å². The third-order valence-electron chi connectivity index (χ3n) is 5.20. The van der Waals surface area contributed by atoms with Crippen LogP contribution in [0.2, 0.25) is 5.02 Å². The lowest BCUT2D eigenvalue weighted by Crippen LogP contribution is -2.48. The molecule has 0 saturated carbocycles. The van der Waals surface area contributed by atoms with Crippen LogP contribution < -0.4 is 4.74 Å². The van der Waals surface area contributed by atoms with E-state index in [2.05, 4.69) is 0 Å². The summed E-state index contributed by atoms with van der Waals surface area (Å²) >= 11 is 6.32. The highest BCUT2D eigenvalue weighted by atomic mass is 35.5. The summed E-state index contributed by atoms with van der Waals surface area (Å²) in [6.45, 7) is 2.98. The van der Waals surface area contributed by atoms with Gasteiger partial charge >= 0.3 is 5.97 Å². The molecule has 1 amide bonds. The van der Waals surface area contributed by atoms with E-state index < -0.39 is 5.41 Å². The van der Waals surface area contributed by atoms with Crippen molar-refractivity contribution in [3.05, 3.63) is 52.7 Å². The van der Waals surface area contributed by atoms with E-state index in [0.29, 0.717) is 49.9 Å². The fourth-order valence-electron chi connectivity index (χ4n) is 3.58. The molecule has 2 heterocycles. The number of likely N-dealkylation sites (tertiary alicyclic amines) is 1. The van der Waals surface area contributed by atoms with Crippen molar-refractivity contribution in [1.29, 1.82) is 0 Å². The largest absolute Gasteiger partial charge is 0.468 e. The predicted molar refractivity (Wildman–Crippen MR) is 105 cm³/mol. The van der Waals surface area contributed by atoms with Gasteiger partial charge in [-0.25, -0.2) is 0 Å². The highest BCUT2D eigenvalue weighted by Gasteiger charge is 2.44. The number of carbonyl (C=O) groups excluding carboxylic acids is 2. The number of benzene rings is 1. The molecule has 0 radical (unpaired) electrons. The van der Waals surface area contributed by atoms with Gasteiger partial charge in [-0.05, 0) is 43.9 Å². The number of methoxy groups -OCH3 is 1. The maximum absolute atomic E-state index is 12.8. The number of piperidine rings is 1. The Labute approximate surface area is 169 Å². The molecule has 0 bridgehead atoms. The van der Waals surface area contributed by atoms with E-state index in [1.54, 1.807) is 24.0 Å². The number of amides is 1. The molecule has 2 aromatic rings. The van der Waals surface area contributed by atoms with Gasteiger partial charge in [-0.1, -0.05) is 29.8 Å². The quantitative estimate of drug-likeness (QED) is 0.680. The molecule has 1 saturated heterocycles. The number of hydrogen-bond acceptors (Lipinski definition) is 5. The zero-order chi connectivity index (χ0) is 20.1. The number of furan rings is 1. The maximum atomic E-state index is 12.8. The number of ether oxygens (including phenoxy) is 2. The van der Waals surface area contributed by atoms with E-state index in [1.165, 1.54) is 7.11 Å². The molecule has 1 aliphatic heterocycles. The van der Waals surface area contributed by atoms with Gasteiger partial charge in [0.05, 0.1) is 19.1 Å². The van der Waals surface area contributed by atoms with Gasteiger partial charge in [0.2, 0.25) is 0 Å². The van der Waals surface area contributed by atoms with Crippen LogP contribution in [-0.2, 0) is 16.0 Å². The van der Waals surface area contributed by atoms with Crippen LogP contribution in [0.4, 0.5) is 0 Å². The molecule has 1 aromatic heterocycles. The van der Waals surface area contributed by atoms with Gasteiger partial charge in [0.15, 0.2) is 5.76 Å². The lowest BCUT2D eigenvalue weighted by molar-refractivity contribution is -0.158. The molecule has 0 N–H and O–H groups in total. The van der Waals surface area contributed by atoms with Gasteiger partial charge in [-0.2, -0.15) is 0 Å². The maximum Gasteiger partial charge on any atom is 0.312 e. The predicted octanol–water partition coefficient (Wildman–Crippen LogP) is 3.97. The Morgan fingerprint density at radius 3 is 2.50 bits per heavy atom. The van der Waals surface area contributed by atoms with Crippen LogP contribution in [0, 0.1) is 5.41 Å². The van der Waals surface area contributed by atoms with E-state index in [1.807, 2.05) is 24.3 Å². The zero-order valence-electron chi connectivity index (χ0n) is 16.1. The number of esters is 1. The first kappa shape index (κ1) is 20.3. The number of hydrogen-bond donors (Lipinski definition) is 0. The first-order valence-electron chi connectivity index (χ1n) is 9.33. The topological polar surface area (TPSA) is 69.0 Å². The second kappa shape index (κ2) is 8.69. The lowest BCUT2D eigenvalue weighted by Gasteiger charge is -2.40. The van der Waals surface area contributed by atoms with Crippen molar-refractivity contribution < 1.29 is 23.5 Å². The van der Waals surface area contributed by atoms with Crippen LogP contribution in [0.5, 0.6) is 5.95 Å². The Kier molecular flexibility index (Phi) is 6.29. The van der Waals surface area contributed by atoms with E-state index in [4.69, 9.17) is 25.5 Å². The molecule has 0 atom stereocenters. The van der Waals surface area contributed by atoms with Crippen molar-refractivity contribution >= 4 is 23.5 Å². The minimum Gasteiger partial charge on any atom is -0.468 e. The average molecular weight is 406 g/mol. The van der Waals surface area contributed by atoms with Crippen molar-refractivity contribution in [3.63, 3.8) is 0 Å². The van der Waals surface area contributed by atoms with Crippen LogP contribution in [0.3, 0.4) is 0 Å². The summed E-state index contributed by atoms with van der Waals surface area (Å²) in [6, 6.07) is 10.7. The Balaban J connectivity index is 1.76. The number of carbonyl (C=O) groups is 2. The smallest absolute Gasteiger partial charge is 0.312 e. The number of nitrogens with zero attached hydrogens (tertiary/aromatic N) is 1. The second-order valence-corrected chi connectivity index (χ2v) is 7.29. The van der Waals surface area contributed by atoms with E-state index in [0.717, 1.165) is 5.56 Å². The van der Waals surface area contributed by atoms with Crippen LogP contribution in [0.25, 0.3) is 0 Å². The Bertz CT molecular complexity index is 839. The lowest BCUT2D eigenvalue weighted by atomic mass is 9.73. The van der Waals surface area contributed by atoms with E-state index in [-0.39, 0.29) is 17.6 Å². The first-order valence-corrected chi connectivity index (χ1v) is 9.70. The molecule has 150 valence electrons. The van der Waals surface area contributed by atoms with Crippen molar-refractivity contribution in [2.45, 2.75) is 26.2 Å². The molecule has 3 rings (SSSR count). The molecule has 6 nitrogen and oxygen atoms in total. The Hall–Kier alpha value is -2.47. The van der Waals surface area contributed by atoms with Crippen molar-refractivity contribution in [2.75, 3.05) is 26.8 Å². The fourth-order valence-corrected chi connectivity index (χ4v) is 3.78. The molecule has 28 heavy (non-hydrogen) atoms. The summed E-state index contributed by atoms with van der Waals surface area (Å²) < 4.78 is 15.7. The summed E-state index contributed by atoms with van der Waals surface area (Å²) in [5.74, 6) is 0.0757. The molecule has 7 heteroatoms. The molecule has 0 aliphatic carbocycles. The second-order valence-electron chi connectivity index (χ2n) is 6.88. The van der Waals surface area contributed by atoms with Crippen molar-refractivity contribution in [1.82, 2.24) is 4.90 Å². The van der Waals surface area contributed by atoms with E-state index in [9.17, 15) is 9.59 Å². The Morgan fingerprint density at radius 2 is 1.89 bits per heavy atom. The molecule has 0 unspecified atom stereocenters. The highest BCUT2D eigenvalue weighted by molar-refractivity contribution is 6.31. The van der Waals surface area contributed by atoms with E-state index >= 15 is 0 Å². The molecule has 1 aliphatic rings. The summed E-state index contributed by atoms with van der Waals surface area (Å²) in [5, 5.41) is 0.632. The Morgan fingerprint density at radius 1 is 1.18 bits per heavy atom. The molecular weight excluding hydrogens is 382 g/mol. The average Bonchev–Trinajstić information content (AvgIpc) is 3.19. The van der Waals surface area contributed by atoms with Crippen LogP contribution >= 0.6 is 11.6 Å². The van der Waals surface area contributed by atoms with Crippen molar-refractivity contribution in [3.8, 4) is 5.95 Å². The van der Waals surface area contributed by atoms with Gasteiger partial charge in [0, 0.05) is 24.2 Å². The third-order valence-corrected chi connectivity index (χ3v) is 5.56. The van der Waals surface area contributed by atoms with Gasteiger partial charge in [-0.15, -0.1) is 0 Å². The summed E-state index contributed by atoms with van der Waals surface area (Å²) in [6.07, 6.45) is 1.49. The minimum absolute atomic E-state index is 0.210. The standard InChI is InChI=1S/C21H24ClNO5/c1-3-27-20(25)21(14-15-6-4-5-7-16(15)22)10-12-23(13-11-21)19(24)17-8-9-18(26-2)28-17/h4-9H,3,10-14H2,1-2H3. The number of rotatable bonds is 6. The third kappa shape index (κ3) is 4.17. The molecular formula is C21H24ClNO5. The molecule has 1 fully saturated rings. The first-order chi connectivity index (χ1) is 13.5. The molecule has 1 aromatic carbocycles. The minimum atomic E-state index is -0.696. The zero-order valence-corrected chi connectivity index (χ0v) is 16.8. The van der Waals surface area contributed by atoms with Crippen LogP contribution in [-0.4, -0.2) is 43.6 Å². The fraction of sp³-hybridized carbons (Fsp3) is 0.429. The van der Waals surface area contributed by atoms with Gasteiger partial charge < -0.3 is 18.8 Å². The van der Waals surface area contributed by atoms with Crippen LogP contribution in [0.15, 0.2) is 40.8 Å². The van der Waals surface area contributed by atoms with Crippen molar-refractivity contribution in [2.24, 2.45) is 5.41 Å². The van der Waals surface area contributed by atoms with Gasteiger partial charge in [0.1, 0.15) is 0 Å². The SMILES string of the molecule is CCOC(=O)C1(Cc2ccccc2Cl)CCN(C(=O)c2ccc(OC)o2)CC1. The summed E-state index contributed by atoms with van der Waals surface area (Å²) in [5.41, 5.74) is 0.214.